The fraction of sp³-hybridized carbons (Fsp3) is 0.0522. The van der Waals surface area contributed by atoms with Crippen molar-refractivity contribution in [3.63, 3.8) is 0 Å². The van der Waals surface area contributed by atoms with Crippen LogP contribution in [0, 0.1) is 63.6 Å². The van der Waals surface area contributed by atoms with Gasteiger partial charge in [0.1, 0.15) is 21.4 Å². The van der Waals surface area contributed by atoms with Crippen LogP contribution in [0.25, 0.3) is 119 Å². The molecule has 2 aliphatic rings. The normalized spacial score (nSPS) is 12.1. The third-order valence-electron chi connectivity index (χ3n) is 26.9. The summed E-state index contributed by atoms with van der Waals surface area (Å²) in [5, 5.41) is 29.5. The molecular formula is C134H102Ir3N5O3P3-2. The number of fused-ring (bicyclic) bond motifs is 11. The molecule has 0 amide bonds. The molecule has 8 nitrogen and oxygen atoms in total. The summed E-state index contributed by atoms with van der Waals surface area (Å²) in [6.45, 7) is 12.7. The van der Waals surface area contributed by atoms with Crippen molar-refractivity contribution in [1.82, 2.24) is 9.88 Å². The number of aryl methyl sites for hydroxylation is 2. The van der Waals surface area contributed by atoms with E-state index in [0.29, 0.717) is 5.92 Å². The summed E-state index contributed by atoms with van der Waals surface area (Å²) in [7, 11) is -5.38. The van der Waals surface area contributed by atoms with Crippen LogP contribution in [0.4, 0.5) is 22.7 Å². The number of hydrogen-bond donors (Lipinski definition) is 0. The van der Waals surface area contributed by atoms with Crippen molar-refractivity contribution in [3.05, 3.63) is 558 Å². The minimum Gasteiger partial charge on any atom is -0.510 e. The van der Waals surface area contributed by atoms with Crippen LogP contribution in [0.15, 0.2) is 492 Å². The predicted molar refractivity (Wildman–Crippen MR) is 617 cm³/mol. The molecule has 0 bridgehead atoms. The van der Waals surface area contributed by atoms with E-state index in [4.69, 9.17) is 0 Å². The molecule has 0 saturated carbocycles. The molecule has 0 spiro atoms. The smallest absolute Gasteiger partial charge is 0.510 e. The number of hydrogen-bond acceptors (Lipinski definition) is 8. The zero-order valence-corrected chi connectivity index (χ0v) is 92.2. The zero-order chi connectivity index (χ0) is 99.0. The minimum atomic E-state index is -3.15. The second-order valence-electron chi connectivity index (χ2n) is 37.0. The maximum atomic E-state index is 15.1. The van der Waals surface area contributed by atoms with Gasteiger partial charge in [-0.3, -0.25) is 0 Å². The molecule has 1 radical (unpaired) electrons. The molecule has 2 aliphatic heterocycles. The summed E-state index contributed by atoms with van der Waals surface area (Å²) in [5.74, 6) is 0.541. The van der Waals surface area contributed by atoms with E-state index in [2.05, 4.69) is 341 Å². The maximum absolute atomic E-state index is 15.1. The third kappa shape index (κ3) is 22.0. The van der Waals surface area contributed by atoms with Crippen molar-refractivity contribution in [2.24, 2.45) is 0 Å². The summed E-state index contributed by atoms with van der Waals surface area (Å²) in [5.41, 5.74) is 10.4. The van der Waals surface area contributed by atoms with E-state index in [1.54, 1.807) is 0 Å². The molecule has 3 heterocycles. The molecular weight excluding hydrogens is 2400 g/mol. The minimum absolute atomic E-state index is 0. The molecule has 23 aromatic carbocycles. The van der Waals surface area contributed by atoms with E-state index in [1.807, 2.05) is 267 Å². The van der Waals surface area contributed by atoms with Gasteiger partial charge in [-0.2, -0.15) is 129 Å². The number of aromatic nitrogens is 1. The van der Waals surface area contributed by atoms with Gasteiger partial charge in [0.2, 0.25) is 0 Å². The van der Waals surface area contributed by atoms with Crippen LogP contribution >= 0.6 is 21.4 Å². The van der Waals surface area contributed by atoms with E-state index < -0.39 is 21.4 Å². The average molecular weight is 2500 g/mol. The van der Waals surface area contributed by atoms with Crippen molar-refractivity contribution < 1.29 is 74.0 Å². The van der Waals surface area contributed by atoms with Crippen LogP contribution in [-0.2, 0) is 74.0 Å². The van der Waals surface area contributed by atoms with Crippen LogP contribution in [0.2, 0.25) is 0 Å². The number of pyridine rings is 1. The van der Waals surface area contributed by atoms with Crippen molar-refractivity contribution in [3.8, 4) is 11.3 Å². The molecule has 14 heteroatoms. The third-order valence-corrected chi connectivity index (χ3v) is 35.8. The Kier molecular flexibility index (Phi) is 32.3. The summed E-state index contributed by atoms with van der Waals surface area (Å²) in [4.78, 5) is 12.9. The molecule has 24 aromatic rings. The quantitative estimate of drug-likeness (QED) is 0.0835. The first kappa shape index (κ1) is 103. The first-order valence-electron chi connectivity index (χ1n) is 48.7. The van der Waals surface area contributed by atoms with Gasteiger partial charge >= 0.3 is 40.2 Å². The van der Waals surface area contributed by atoms with Gasteiger partial charge in [-0.05, 0) is 174 Å². The fourth-order valence-corrected chi connectivity index (χ4v) is 27.2. The van der Waals surface area contributed by atoms with Gasteiger partial charge in [0.25, 0.3) is 0 Å². The molecule has 0 atom stereocenters. The van der Waals surface area contributed by atoms with Crippen LogP contribution in [-0.4, -0.2) is 24.0 Å². The molecule has 725 valence electrons. The van der Waals surface area contributed by atoms with Crippen LogP contribution in [0.3, 0.4) is 0 Å². The van der Waals surface area contributed by atoms with Gasteiger partial charge in [-0.1, -0.05) is 347 Å². The van der Waals surface area contributed by atoms with Crippen molar-refractivity contribution >= 4 is 200 Å². The molecule has 1 aromatic heterocycles. The SMILES string of the molecule is CN1C=CN(c2[c-]cccc2)[CH-]1.CN1[CH-]N(c2[c-]cccc2)c2ccccc21.Cc1[c-]c(-c2nccc3cc(C(C)C)ccc23)cc(C)c1.O=P(c1[c-]cc2ccccc2c1)(c1ccc2ccccc2c1)c1ccc2ccccc2c1.O=P(c1[c-]cc2ccccc2c1)(c1ccc2ccccc2c1)c1ccc2ccccc2c1.O=P(c1[c-]cc2ccccc2c1)(c1ccc2ccccc2c1)c1ccc2ccccc2c1.[Ir+3].[Ir+3].[Ir]. The first-order valence-corrected chi connectivity index (χ1v) is 53.9. The van der Waals surface area contributed by atoms with Crippen molar-refractivity contribution in [2.45, 2.75) is 33.6 Å². The average Bonchev–Trinajstić information content (AvgIpc) is 0.949. The molecule has 0 aliphatic carbocycles. The molecule has 148 heavy (non-hydrogen) atoms. The summed E-state index contributed by atoms with van der Waals surface area (Å²) < 4.78 is 45.4. The van der Waals surface area contributed by atoms with E-state index in [0.717, 1.165) is 173 Å². The Hall–Kier alpha value is -14.6. The second kappa shape index (κ2) is 46.2. The molecule has 0 unspecified atom stereocenters. The Bertz CT molecular complexity index is 7930. The van der Waals surface area contributed by atoms with Gasteiger partial charge < -0.3 is 38.3 Å². The monoisotopic (exact) mass is 2500 g/mol. The van der Waals surface area contributed by atoms with Crippen LogP contribution in [0.1, 0.15) is 36.5 Å². The second-order valence-corrected chi connectivity index (χ2v) is 45.2. The fourth-order valence-electron chi connectivity index (χ4n) is 19.3. The topological polar surface area (TPSA) is 77.1 Å². The van der Waals surface area contributed by atoms with Crippen LogP contribution < -0.4 is 62.4 Å². The van der Waals surface area contributed by atoms with E-state index in [1.165, 1.54) is 33.3 Å². The van der Waals surface area contributed by atoms with Gasteiger partial charge in [0.15, 0.2) is 0 Å². The Morgan fingerprint density at radius 1 is 0.297 bits per heavy atom. The van der Waals surface area contributed by atoms with E-state index in [-0.39, 0.29) is 60.3 Å². The van der Waals surface area contributed by atoms with Crippen molar-refractivity contribution in [1.29, 1.82) is 0 Å². The first-order chi connectivity index (χ1) is 70.9. The van der Waals surface area contributed by atoms with Crippen LogP contribution in [0.5, 0.6) is 0 Å². The standard InChI is InChI=1S/3C30H20OP.C20H20N.C14H12N2.C10H10N2.3Ir/c3*31-32(28-16-13-22-7-1-4-10-25(22)19-28,29-17-14-23-8-2-5-11-26(23)20-29)30-18-15-24-9-3-6-12-27(24)21-30;1-13(2)16-5-6-19-17(12-16)7-8-21-20(19)18-10-14(3)9-15(4)11-18;1-15-11-16(12-7-3-2-4-8-12)14-10-6-5-9-13(14)15;1-11-7-8-12(9-11)10-5-3-2-4-6-10;;;/h3*1-17,19-21H;5-10,12-13H,1-4H3;2-7,9-11H,1H3;2-5,7-9H,1H3;;;/q4*-1;2*-2;;2*+3. The molecule has 26 rings (SSSR count). The largest absolute Gasteiger partial charge is 3.00 e. The Labute approximate surface area is 907 Å². The van der Waals surface area contributed by atoms with Crippen molar-refractivity contribution in [2.75, 3.05) is 28.8 Å². The maximum Gasteiger partial charge on any atom is 3.00 e. The number of nitrogens with zero attached hydrogens (tertiary/aromatic N) is 5. The molecule has 0 saturated heterocycles. The van der Waals surface area contributed by atoms with Gasteiger partial charge in [-0.15, -0.1) is 96.8 Å². The summed E-state index contributed by atoms with van der Waals surface area (Å²) in [6.07, 6.45) is 5.90. The number of benzene rings is 23. The molecule has 0 N–H and O–H groups in total. The van der Waals surface area contributed by atoms with Gasteiger partial charge in [-0.25, -0.2) is 0 Å². The summed E-state index contributed by atoms with van der Waals surface area (Å²) >= 11 is 0. The molecule has 0 fully saturated rings. The van der Waals surface area contributed by atoms with E-state index in [9.17, 15) is 0 Å². The van der Waals surface area contributed by atoms with Gasteiger partial charge in [0, 0.05) is 69.5 Å². The zero-order valence-electron chi connectivity index (χ0n) is 82.3. The number of rotatable bonds is 13. The Morgan fingerprint density at radius 3 is 0.953 bits per heavy atom. The summed E-state index contributed by atoms with van der Waals surface area (Å²) in [6, 6.07) is 180. The number of anilines is 4. The Morgan fingerprint density at radius 2 is 0.622 bits per heavy atom. The Balaban J connectivity index is 0.000000119. The van der Waals surface area contributed by atoms with Gasteiger partial charge in [0.05, 0.1) is 0 Å². The predicted octanol–water partition coefficient (Wildman–Crippen LogP) is 30.2. The van der Waals surface area contributed by atoms with E-state index >= 15 is 13.7 Å². The number of para-hydroxylation sites is 4.